The van der Waals surface area contributed by atoms with Crippen LogP contribution in [0.15, 0.2) is 84.9 Å². The number of para-hydroxylation sites is 1. The van der Waals surface area contributed by atoms with Crippen LogP contribution >= 0.6 is 0 Å². The summed E-state index contributed by atoms with van der Waals surface area (Å²) in [6.07, 6.45) is -0.528. The summed E-state index contributed by atoms with van der Waals surface area (Å²) in [5, 5.41) is 0. The zero-order valence-corrected chi connectivity index (χ0v) is 16.0. The zero-order chi connectivity index (χ0) is 19.9. The highest BCUT2D eigenvalue weighted by Crippen LogP contribution is 2.30. The van der Waals surface area contributed by atoms with Gasteiger partial charge in [-0.2, -0.15) is 0 Å². The van der Waals surface area contributed by atoms with E-state index >= 15 is 0 Å². The van der Waals surface area contributed by atoms with Crippen molar-refractivity contribution in [1.29, 1.82) is 0 Å². The molecule has 0 spiro atoms. The van der Waals surface area contributed by atoms with Gasteiger partial charge < -0.3 is 9.64 Å². The number of carbonyl (C=O) groups excluding carboxylic acids is 2. The average Bonchev–Trinajstić information content (AvgIpc) is 2.71. The molecule has 0 saturated heterocycles. The summed E-state index contributed by atoms with van der Waals surface area (Å²) in [5.74, 6) is -0.403. The van der Waals surface area contributed by atoms with Crippen molar-refractivity contribution < 1.29 is 14.3 Å². The van der Waals surface area contributed by atoms with Crippen molar-refractivity contribution in [3.05, 3.63) is 102 Å². The van der Waals surface area contributed by atoms with E-state index in [9.17, 15) is 9.59 Å². The standard InChI is InChI=1S/C24H23NO3/c1-18(26)25(22-14-7-4-8-15-22)17-21-13-9-10-16-23(21)24(28-19(2)27)20-11-5-3-6-12-20/h3-16,24H,17H2,1-2H3. The Kier molecular flexibility index (Phi) is 6.22. The van der Waals surface area contributed by atoms with E-state index in [0.29, 0.717) is 6.54 Å². The van der Waals surface area contributed by atoms with Crippen molar-refractivity contribution in [2.45, 2.75) is 26.5 Å². The summed E-state index contributed by atoms with van der Waals surface area (Å²) < 4.78 is 5.67. The molecule has 0 aromatic heterocycles. The molecule has 4 nitrogen and oxygen atoms in total. The van der Waals surface area contributed by atoms with Crippen LogP contribution in [0.3, 0.4) is 0 Å². The SMILES string of the molecule is CC(=O)OC(c1ccccc1)c1ccccc1CN(C(C)=O)c1ccccc1. The van der Waals surface area contributed by atoms with Gasteiger partial charge in [-0.3, -0.25) is 9.59 Å². The van der Waals surface area contributed by atoms with E-state index in [1.54, 1.807) is 11.8 Å². The van der Waals surface area contributed by atoms with E-state index in [-0.39, 0.29) is 11.9 Å². The maximum atomic E-state index is 12.3. The van der Waals surface area contributed by atoms with Crippen LogP contribution in [-0.4, -0.2) is 11.9 Å². The van der Waals surface area contributed by atoms with Gasteiger partial charge in [0, 0.05) is 25.1 Å². The molecule has 0 aliphatic rings. The highest BCUT2D eigenvalue weighted by molar-refractivity contribution is 5.91. The highest BCUT2D eigenvalue weighted by atomic mass is 16.5. The molecule has 0 heterocycles. The minimum Gasteiger partial charge on any atom is -0.453 e. The maximum absolute atomic E-state index is 12.3. The van der Waals surface area contributed by atoms with Crippen LogP contribution in [0, 0.1) is 0 Å². The molecule has 0 saturated carbocycles. The molecule has 0 aliphatic carbocycles. The first-order valence-corrected chi connectivity index (χ1v) is 9.19. The molecular formula is C24H23NO3. The Hall–Kier alpha value is -3.40. The molecular weight excluding hydrogens is 350 g/mol. The monoisotopic (exact) mass is 373 g/mol. The Morgan fingerprint density at radius 2 is 1.39 bits per heavy atom. The smallest absolute Gasteiger partial charge is 0.303 e. The van der Waals surface area contributed by atoms with Crippen LogP contribution in [0.2, 0.25) is 0 Å². The van der Waals surface area contributed by atoms with E-state index in [0.717, 1.165) is 22.4 Å². The normalized spacial score (nSPS) is 11.5. The highest BCUT2D eigenvalue weighted by Gasteiger charge is 2.22. The molecule has 3 aromatic carbocycles. The average molecular weight is 373 g/mol. The van der Waals surface area contributed by atoms with Crippen LogP contribution < -0.4 is 4.90 Å². The number of hydrogen-bond acceptors (Lipinski definition) is 3. The van der Waals surface area contributed by atoms with Crippen molar-refractivity contribution in [1.82, 2.24) is 0 Å². The number of anilines is 1. The van der Waals surface area contributed by atoms with Gasteiger partial charge in [-0.25, -0.2) is 0 Å². The summed E-state index contributed by atoms with van der Waals surface area (Å²) >= 11 is 0. The number of nitrogens with zero attached hydrogens (tertiary/aromatic N) is 1. The number of benzene rings is 3. The lowest BCUT2D eigenvalue weighted by atomic mass is 9.96. The molecule has 0 radical (unpaired) electrons. The molecule has 142 valence electrons. The Morgan fingerprint density at radius 3 is 2.00 bits per heavy atom. The lowest BCUT2D eigenvalue weighted by Gasteiger charge is -2.25. The number of esters is 1. The van der Waals surface area contributed by atoms with Crippen LogP contribution in [0.4, 0.5) is 5.69 Å². The summed E-state index contributed by atoms with van der Waals surface area (Å²) in [7, 11) is 0. The number of carbonyl (C=O) groups is 2. The third kappa shape index (κ3) is 4.65. The second kappa shape index (κ2) is 9.00. The van der Waals surface area contributed by atoms with Crippen molar-refractivity contribution in [2.75, 3.05) is 4.90 Å². The number of ether oxygens (including phenoxy) is 1. The van der Waals surface area contributed by atoms with Crippen molar-refractivity contribution in [2.24, 2.45) is 0 Å². The molecule has 28 heavy (non-hydrogen) atoms. The van der Waals surface area contributed by atoms with Gasteiger partial charge in [0.25, 0.3) is 0 Å². The number of amides is 1. The van der Waals surface area contributed by atoms with Crippen LogP contribution in [0.1, 0.15) is 36.6 Å². The minimum atomic E-state index is -0.528. The number of hydrogen-bond donors (Lipinski definition) is 0. The van der Waals surface area contributed by atoms with Gasteiger partial charge in [0.2, 0.25) is 5.91 Å². The van der Waals surface area contributed by atoms with Crippen LogP contribution in [0.25, 0.3) is 0 Å². The first-order chi connectivity index (χ1) is 13.6. The van der Waals surface area contributed by atoms with Gasteiger partial charge in [0.1, 0.15) is 0 Å². The second-order valence-electron chi connectivity index (χ2n) is 6.54. The fourth-order valence-electron chi connectivity index (χ4n) is 3.20. The van der Waals surface area contributed by atoms with Gasteiger partial charge in [-0.1, -0.05) is 72.8 Å². The predicted molar refractivity (Wildman–Crippen MR) is 110 cm³/mol. The molecule has 0 aliphatic heterocycles. The zero-order valence-electron chi connectivity index (χ0n) is 16.0. The third-order valence-electron chi connectivity index (χ3n) is 4.50. The summed E-state index contributed by atoms with van der Waals surface area (Å²) in [6.45, 7) is 3.35. The Labute approximate surface area is 165 Å². The topological polar surface area (TPSA) is 46.6 Å². The van der Waals surface area contributed by atoms with Crippen LogP contribution in [0.5, 0.6) is 0 Å². The van der Waals surface area contributed by atoms with E-state index in [2.05, 4.69) is 0 Å². The van der Waals surface area contributed by atoms with Gasteiger partial charge >= 0.3 is 5.97 Å². The molecule has 1 amide bonds. The van der Waals surface area contributed by atoms with Gasteiger partial charge in [0.15, 0.2) is 6.10 Å². The molecule has 0 N–H and O–H groups in total. The molecule has 3 rings (SSSR count). The molecule has 3 aromatic rings. The molecule has 1 atom stereocenters. The van der Waals surface area contributed by atoms with E-state index < -0.39 is 6.10 Å². The lowest BCUT2D eigenvalue weighted by molar-refractivity contribution is -0.144. The molecule has 0 fully saturated rings. The summed E-state index contributed by atoms with van der Waals surface area (Å²) in [5.41, 5.74) is 3.51. The Bertz CT molecular complexity index is 938. The predicted octanol–water partition coefficient (Wildman–Crippen LogP) is 4.89. The Balaban J connectivity index is 2.01. The fraction of sp³-hybridized carbons (Fsp3) is 0.167. The Morgan fingerprint density at radius 1 is 0.821 bits per heavy atom. The van der Waals surface area contributed by atoms with Gasteiger partial charge in [-0.15, -0.1) is 0 Å². The van der Waals surface area contributed by atoms with E-state index in [1.165, 1.54) is 6.92 Å². The van der Waals surface area contributed by atoms with Gasteiger partial charge in [0.05, 0.1) is 6.54 Å². The quantitative estimate of drug-likeness (QED) is 0.578. The fourth-order valence-corrected chi connectivity index (χ4v) is 3.20. The van der Waals surface area contributed by atoms with E-state index in [4.69, 9.17) is 4.74 Å². The van der Waals surface area contributed by atoms with Gasteiger partial charge in [-0.05, 0) is 23.3 Å². The van der Waals surface area contributed by atoms with Crippen molar-refractivity contribution in [3.8, 4) is 0 Å². The summed E-state index contributed by atoms with van der Waals surface area (Å²) in [6, 6.07) is 26.9. The largest absolute Gasteiger partial charge is 0.453 e. The minimum absolute atomic E-state index is 0.0512. The molecule has 4 heteroatoms. The lowest BCUT2D eigenvalue weighted by Crippen LogP contribution is -2.28. The van der Waals surface area contributed by atoms with Crippen molar-refractivity contribution in [3.63, 3.8) is 0 Å². The first kappa shape index (κ1) is 19.4. The number of rotatable bonds is 6. The second-order valence-corrected chi connectivity index (χ2v) is 6.54. The maximum Gasteiger partial charge on any atom is 0.303 e. The first-order valence-electron chi connectivity index (χ1n) is 9.19. The molecule has 0 bridgehead atoms. The molecule has 1 unspecified atom stereocenters. The summed E-state index contributed by atoms with van der Waals surface area (Å²) in [4.78, 5) is 25.8. The van der Waals surface area contributed by atoms with E-state index in [1.807, 2.05) is 84.9 Å². The third-order valence-corrected chi connectivity index (χ3v) is 4.50. The van der Waals surface area contributed by atoms with Crippen molar-refractivity contribution >= 4 is 17.6 Å². The van der Waals surface area contributed by atoms with Crippen LogP contribution in [-0.2, 0) is 20.9 Å².